The zero-order chi connectivity index (χ0) is 22.1. The van der Waals surface area contributed by atoms with E-state index in [2.05, 4.69) is 21.2 Å². The first-order chi connectivity index (χ1) is 14.5. The zero-order valence-corrected chi connectivity index (χ0v) is 19.5. The Bertz CT molecular complexity index is 858. The second-order valence-corrected chi connectivity index (χ2v) is 7.16. The molecule has 0 aliphatic rings. The fraction of sp³-hybridized carbons (Fsp3) is 0.409. The van der Waals surface area contributed by atoms with Crippen molar-refractivity contribution in [1.82, 2.24) is 5.32 Å². The SMILES string of the molecule is CCOC(=O)C(NCCc1ccc(OC)c(OC)c1)c1cc(OC)c(OC)cc1Br. The number of carbonyl (C=O) groups is 1. The van der Waals surface area contributed by atoms with Crippen molar-refractivity contribution >= 4 is 21.9 Å². The van der Waals surface area contributed by atoms with Crippen LogP contribution in [0.25, 0.3) is 0 Å². The molecule has 1 atom stereocenters. The molecule has 1 N–H and O–H groups in total. The van der Waals surface area contributed by atoms with Gasteiger partial charge in [0.1, 0.15) is 6.04 Å². The van der Waals surface area contributed by atoms with Gasteiger partial charge in [0.05, 0.1) is 35.0 Å². The number of carbonyl (C=O) groups excluding carboxylic acids is 1. The highest BCUT2D eigenvalue weighted by Crippen LogP contribution is 2.36. The van der Waals surface area contributed by atoms with E-state index in [-0.39, 0.29) is 12.6 Å². The van der Waals surface area contributed by atoms with Crippen molar-refractivity contribution in [3.63, 3.8) is 0 Å². The second-order valence-electron chi connectivity index (χ2n) is 6.31. The van der Waals surface area contributed by atoms with E-state index in [0.29, 0.717) is 41.5 Å². The second kappa shape index (κ2) is 11.7. The molecule has 1 unspecified atom stereocenters. The average Bonchev–Trinajstić information content (AvgIpc) is 2.76. The van der Waals surface area contributed by atoms with Crippen LogP contribution in [0.4, 0.5) is 0 Å². The van der Waals surface area contributed by atoms with Crippen molar-refractivity contribution in [2.24, 2.45) is 0 Å². The minimum absolute atomic E-state index is 0.289. The van der Waals surface area contributed by atoms with E-state index in [9.17, 15) is 4.79 Å². The predicted octanol–water partition coefficient (Wildman–Crippen LogP) is 3.92. The summed E-state index contributed by atoms with van der Waals surface area (Å²) >= 11 is 3.53. The first kappa shape index (κ1) is 23.8. The number of halogens is 1. The molecule has 0 aromatic heterocycles. The molecule has 0 spiro atoms. The summed E-state index contributed by atoms with van der Waals surface area (Å²) in [6.07, 6.45) is 0.682. The third kappa shape index (κ3) is 5.79. The molecule has 0 aliphatic heterocycles. The Kier molecular flexibility index (Phi) is 9.26. The van der Waals surface area contributed by atoms with Crippen LogP contribution < -0.4 is 24.3 Å². The van der Waals surface area contributed by atoms with Crippen LogP contribution in [0.1, 0.15) is 24.1 Å². The molecule has 0 aliphatic carbocycles. The van der Waals surface area contributed by atoms with E-state index < -0.39 is 6.04 Å². The molecule has 0 radical (unpaired) electrons. The molecule has 0 bridgehead atoms. The maximum absolute atomic E-state index is 12.7. The summed E-state index contributed by atoms with van der Waals surface area (Å²) in [5.74, 6) is 2.08. The molecule has 164 valence electrons. The van der Waals surface area contributed by atoms with Crippen LogP contribution in [0.15, 0.2) is 34.8 Å². The Hall–Kier alpha value is -2.45. The fourth-order valence-electron chi connectivity index (χ4n) is 3.03. The number of hydrogen-bond acceptors (Lipinski definition) is 7. The highest BCUT2D eigenvalue weighted by atomic mass is 79.9. The lowest BCUT2D eigenvalue weighted by molar-refractivity contribution is -0.145. The van der Waals surface area contributed by atoms with Crippen molar-refractivity contribution in [3.05, 3.63) is 45.9 Å². The first-order valence-corrected chi connectivity index (χ1v) is 10.3. The maximum atomic E-state index is 12.7. The van der Waals surface area contributed by atoms with Gasteiger partial charge in [-0.1, -0.05) is 22.0 Å². The Morgan fingerprint density at radius 2 is 1.53 bits per heavy atom. The highest BCUT2D eigenvalue weighted by Gasteiger charge is 2.25. The van der Waals surface area contributed by atoms with Gasteiger partial charge in [0.2, 0.25) is 0 Å². The summed E-state index contributed by atoms with van der Waals surface area (Å²) in [5, 5.41) is 3.29. The minimum Gasteiger partial charge on any atom is -0.493 e. The first-order valence-electron chi connectivity index (χ1n) is 9.51. The molecule has 0 amide bonds. The van der Waals surface area contributed by atoms with E-state index >= 15 is 0 Å². The van der Waals surface area contributed by atoms with Gasteiger partial charge in [-0.3, -0.25) is 0 Å². The van der Waals surface area contributed by atoms with Gasteiger partial charge in [0.25, 0.3) is 0 Å². The number of esters is 1. The molecule has 30 heavy (non-hydrogen) atoms. The van der Waals surface area contributed by atoms with Gasteiger partial charge < -0.3 is 29.0 Å². The topological polar surface area (TPSA) is 75.3 Å². The highest BCUT2D eigenvalue weighted by molar-refractivity contribution is 9.10. The summed E-state index contributed by atoms with van der Waals surface area (Å²) in [7, 11) is 6.32. The Labute approximate surface area is 185 Å². The molecule has 2 aromatic carbocycles. The van der Waals surface area contributed by atoms with Gasteiger partial charge >= 0.3 is 5.97 Å². The van der Waals surface area contributed by atoms with Crippen LogP contribution >= 0.6 is 15.9 Å². The Morgan fingerprint density at radius 1 is 0.933 bits per heavy atom. The molecule has 0 saturated carbocycles. The summed E-state index contributed by atoms with van der Waals surface area (Å²) in [4.78, 5) is 12.7. The molecule has 0 fully saturated rings. The number of rotatable bonds is 11. The van der Waals surface area contributed by atoms with Gasteiger partial charge in [-0.25, -0.2) is 4.79 Å². The van der Waals surface area contributed by atoms with Crippen LogP contribution in [0, 0.1) is 0 Å². The number of benzene rings is 2. The van der Waals surface area contributed by atoms with Crippen LogP contribution in [-0.4, -0.2) is 47.6 Å². The third-order valence-electron chi connectivity index (χ3n) is 4.55. The van der Waals surface area contributed by atoms with Crippen LogP contribution in [-0.2, 0) is 16.0 Å². The van der Waals surface area contributed by atoms with Crippen LogP contribution in [0.3, 0.4) is 0 Å². The number of nitrogens with one attached hydrogen (secondary N) is 1. The summed E-state index contributed by atoms with van der Waals surface area (Å²) in [6.45, 7) is 2.61. The smallest absolute Gasteiger partial charge is 0.327 e. The Morgan fingerprint density at radius 3 is 2.13 bits per heavy atom. The molecular formula is C22H28BrNO6. The predicted molar refractivity (Wildman–Crippen MR) is 118 cm³/mol. The zero-order valence-electron chi connectivity index (χ0n) is 17.9. The van der Waals surface area contributed by atoms with E-state index in [1.807, 2.05) is 18.2 Å². The van der Waals surface area contributed by atoms with Crippen molar-refractivity contribution in [2.45, 2.75) is 19.4 Å². The van der Waals surface area contributed by atoms with E-state index in [4.69, 9.17) is 23.7 Å². The maximum Gasteiger partial charge on any atom is 0.327 e. The Balaban J connectivity index is 2.22. The van der Waals surface area contributed by atoms with E-state index in [1.54, 1.807) is 47.5 Å². The monoisotopic (exact) mass is 481 g/mol. The van der Waals surface area contributed by atoms with Gasteiger partial charge in [-0.2, -0.15) is 0 Å². The minimum atomic E-state index is -0.667. The normalized spacial score (nSPS) is 11.5. The lowest BCUT2D eigenvalue weighted by Crippen LogP contribution is -2.32. The van der Waals surface area contributed by atoms with Crippen molar-refractivity contribution < 1.29 is 28.5 Å². The molecule has 2 rings (SSSR count). The summed E-state index contributed by atoms with van der Waals surface area (Å²) in [6, 6.07) is 8.63. The standard InChI is InChI=1S/C22H28BrNO6/c1-6-30-22(25)21(15-12-19(28-4)20(29-5)13-16(15)23)24-10-9-14-7-8-17(26-2)18(11-14)27-3/h7-8,11-13,21,24H,6,9-10H2,1-5H3. The molecule has 0 saturated heterocycles. The third-order valence-corrected chi connectivity index (χ3v) is 5.23. The molecule has 0 heterocycles. The van der Waals surface area contributed by atoms with Gasteiger partial charge in [-0.15, -0.1) is 0 Å². The quantitative estimate of drug-likeness (QED) is 0.487. The van der Waals surface area contributed by atoms with Crippen molar-refractivity contribution in [3.8, 4) is 23.0 Å². The summed E-state index contributed by atoms with van der Waals surface area (Å²) < 4.78 is 27.3. The van der Waals surface area contributed by atoms with Crippen LogP contribution in [0.2, 0.25) is 0 Å². The van der Waals surface area contributed by atoms with Gasteiger partial charge in [0.15, 0.2) is 23.0 Å². The van der Waals surface area contributed by atoms with Gasteiger partial charge in [-0.05, 0) is 48.7 Å². The molecule has 7 nitrogen and oxygen atoms in total. The molecule has 2 aromatic rings. The average molecular weight is 482 g/mol. The number of ether oxygens (including phenoxy) is 5. The lowest BCUT2D eigenvalue weighted by Gasteiger charge is -2.21. The molecular weight excluding hydrogens is 454 g/mol. The van der Waals surface area contributed by atoms with E-state index in [0.717, 1.165) is 10.0 Å². The van der Waals surface area contributed by atoms with Gasteiger partial charge in [0, 0.05) is 11.0 Å². The lowest BCUT2D eigenvalue weighted by atomic mass is 10.0. The number of methoxy groups -OCH3 is 4. The largest absolute Gasteiger partial charge is 0.493 e. The van der Waals surface area contributed by atoms with Crippen molar-refractivity contribution in [1.29, 1.82) is 0 Å². The summed E-state index contributed by atoms with van der Waals surface area (Å²) in [5.41, 5.74) is 1.76. The van der Waals surface area contributed by atoms with Crippen LogP contribution in [0.5, 0.6) is 23.0 Å². The number of hydrogen-bond donors (Lipinski definition) is 1. The molecule has 8 heteroatoms. The van der Waals surface area contributed by atoms with E-state index in [1.165, 1.54) is 0 Å². The van der Waals surface area contributed by atoms with Crippen molar-refractivity contribution in [2.75, 3.05) is 41.6 Å². The fourth-order valence-corrected chi connectivity index (χ4v) is 3.59.